The van der Waals surface area contributed by atoms with E-state index in [1.807, 2.05) is 6.79 Å². The normalized spacial score (nSPS) is 10.2. The van der Waals surface area contributed by atoms with E-state index in [-0.39, 0.29) is 52.8 Å². The van der Waals surface area contributed by atoms with Crippen molar-refractivity contribution < 1.29 is 109 Å². The molecule has 110 valence electrons. The van der Waals surface area contributed by atoms with Crippen LogP contribution in [0.4, 0.5) is 51.8 Å². The van der Waals surface area contributed by atoms with Crippen molar-refractivity contribution in [3.63, 3.8) is 0 Å². The molecular weight excluding hydrogens is 328 g/mol. The van der Waals surface area contributed by atoms with Crippen LogP contribution in [0.3, 0.4) is 0 Å². The van der Waals surface area contributed by atoms with E-state index in [9.17, 15) is 51.8 Å². The average molecular weight is 331 g/mol. The predicted molar refractivity (Wildman–Crippen MR) is 38.8 cm³/mol. The maximum Gasteiger partial charge on any atom is 1.00 e. The molecule has 0 aromatic rings. The van der Waals surface area contributed by atoms with Gasteiger partial charge in [-0.1, -0.05) is 0 Å². The van der Waals surface area contributed by atoms with Crippen LogP contribution in [0.25, 0.3) is 0 Å². The van der Waals surface area contributed by atoms with Gasteiger partial charge in [-0.3, -0.25) is 0 Å². The molecule has 0 atom stereocenters. The molecule has 0 unspecified atom stereocenters. The van der Waals surface area contributed by atoms with Crippen molar-refractivity contribution in [1.82, 2.24) is 0 Å². The maximum atomic E-state index is 9.75. The summed E-state index contributed by atoms with van der Waals surface area (Å²) in [5.74, 6) is 0. The van der Waals surface area contributed by atoms with Gasteiger partial charge in [-0.05, 0) is 0 Å². The van der Waals surface area contributed by atoms with E-state index in [0.717, 1.165) is 0 Å². The summed E-state index contributed by atoms with van der Waals surface area (Å²) in [7, 11) is -18.0. The van der Waals surface area contributed by atoms with Crippen LogP contribution in [0.1, 0.15) is 1.43 Å². The predicted octanol–water partition coefficient (Wildman–Crippen LogP) is 0.832. The largest absolute Gasteiger partial charge is 1.00 e. The Morgan fingerprint density at radius 3 is 0.500 bits per heavy atom. The molecule has 0 saturated carbocycles. The summed E-state index contributed by atoms with van der Waals surface area (Å²) in [6.45, 7) is 2.00. The molecule has 18 heavy (non-hydrogen) atoms. The fourth-order valence-corrected chi connectivity index (χ4v) is 0. The summed E-state index contributed by atoms with van der Waals surface area (Å²) in [4.78, 5) is 8.00. The second kappa shape index (κ2) is 14.1. The van der Waals surface area contributed by atoms with Gasteiger partial charge in [-0.25, -0.2) is 0 Å². The van der Waals surface area contributed by atoms with Crippen molar-refractivity contribution in [2.24, 2.45) is 0 Å². The fourth-order valence-electron chi connectivity index (χ4n) is 0. The Morgan fingerprint density at radius 1 is 0.500 bits per heavy atom. The molecule has 0 radical (unpaired) electrons. The molecule has 0 aliphatic heterocycles. The molecule has 0 aliphatic carbocycles. The maximum absolute atomic E-state index is 9.75. The zero-order chi connectivity index (χ0) is 15.5. The minimum Gasteiger partial charge on any atom is -1.00 e. The molecular formula is CH3B3F12KO-3. The van der Waals surface area contributed by atoms with Crippen LogP contribution in [-0.4, -0.2) is 28.6 Å². The van der Waals surface area contributed by atoms with E-state index in [1.165, 1.54) is 0 Å². The van der Waals surface area contributed by atoms with Crippen LogP contribution in [0.5, 0.6) is 0 Å². The Bertz CT molecular complexity index is 119. The Labute approximate surface area is 137 Å². The number of rotatable bonds is 0. The minimum atomic E-state index is -6.00. The van der Waals surface area contributed by atoms with Gasteiger partial charge >= 0.3 is 73.1 Å². The zero-order valence-corrected chi connectivity index (χ0v) is 11.5. The number of carbonyl (C=O) groups is 1. The van der Waals surface area contributed by atoms with E-state index in [1.54, 1.807) is 0 Å². The monoisotopic (exact) mass is 331 g/mol. The molecule has 0 aromatic heterocycles. The molecule has 0 bridgehead atoms. The van der Waals surface area contributed by atoms with Gasteiger partial charge in [0, 0.05) is 0 Å². The standard InChI is InChI=1S/CH2O.3BF4.K.H/c1-2;3*2-1(3,4)5;;/h1H2;;;;;/q;3*-1;+1;-1. The zero-order valence-electron chi connectivity index (χ0n) is 9.38. The van der Waals surface area contributed by atoms with Gasteiger partial charge in [-0.15, -0.1) is 0 Å². The molecule has 0 N–H and O–H groups in total. The van der Waals surface area contributed by atoms with Crippen molar-refractivity contribution in [1.29, 1.82) is 0 Å². The smallest absolute Gasteiger partial charge is 1.00 e. The second-order valence-electron chi connectivity index (χ2n) is 1.48. The topological polar surface area (TPSA) is 17.1 Å². The molecule has 0 aromatic carbocycles. The van der Waals surface area contributed by atoms with Gasteiger partial charge < -0.3 is 58.0 Å². The van der Waals surface area contributed by atoms with Gasteiger partial charge in [0.1, 0.15) is 6.79 Å². The molecule has 1 nitrogen and oxygen atoms in total. The number of carbonyl (C=O) groups excluding carboxylic acids is 1. The summed E-state index contributed by atoms with van der Waals surface area (Å²) in [6, 6.07) is 0. The third-order valence-corrected chi connectivity index (χ3v) is 0. The summed E-state index contributed by atoms with van der Waals surface area (Å²) in [5, 5.41) is 0. The average Bonchev–Trinajstić information content (AvgIpc) is 1.77. The Morgan fingerprint density at radius 2 is 0.500 bits per heavy atom. The molecule has 0 rings (SSSR count). The SMILES string of the molecule is C=O.F[B-](F)(F)F.F[B-](F)(F)F.F[B-](F)(F)F.[H-].[K+]. The molecule has 0 saturated heterocycles. The van der Waals surface area contributed by atoms with Crippen molar-refractivity contribution in [3.05, 3.63) is 0 Å². The number of hydrogen-bond acceptors (Lipinski definition) is 1. The summed E-state index contributed by atoms with van der Waals surface area (Å²) < 4.78 is 117. The number of halogens is 12. The van der Waals surface area contributed by atoms with E-state index >= 15 is 0 Å². The van der Waals surface area contributed by atoms with Gasteiger partial charge in [0.15, 0.2) is 0 Å². The van der Waals surface area contributed by atoms with Gasteiger partial charge in [-0.2, -0.15) is 0 Å². The van der Waals surface area contributed by atoms with E-state index in [4.69, 9.17) is 4.79 Å². The molecule has 0 amide bonds. The van der Waals surface area contributed by atoms with E-state index < -0.39 is 21.8 Å². The van der Waals surface area contributed by atoms with Crippen LogP contribution < -0.4 is 51.4 Å². The third kappa shape index (κ3) is 9350. The van der Waals surface area contributed by atoms with Crippen LogP contribution in [0.15, 0.2) is 0 Å². The molecule has 0 heterocycles. The summed E-state index contributed by atoms with van der Waals surface area (Å²) in [5.41, 5.74) is 0. The molecule has 17 heteroatoms. The number of hydrogen-bond donors (Lipinski definition) is 0. The van der Waals surface area contributed by atoms with E-state index in [0.29, 0.717) is 0 Å². The minimum absolute atomic E-state index is 0. The van der Waals surface area contributed by atoms with Crippen LogP contribution in [0, 0.1) is 0 Å². The first-order valence-electron chi connectivity index (χ1n) is 2.91. The van der Waals surface area contributed by atoms with E-state index in [2.05, 4.69) is 0 Å². The molecule has 0 aliphatic rings. The first-order valence-corrected chi connectivity index (χ1v) is 2.91. The summed E-state index contributed by atoms with van der Waals surface area (Å²) in [6.07, 6.45) is 0. The first-order chi connectivity index (χ1) is 7.00. The summed E-state index contributed by atoms with van der Waals surface area (Å²) >= 11 is 0. The van der Waals surface area contributed by atoms with Crippen molar-refractivity contribution in [3.8, 4) is 0 Å². The van der Waals surface area contributed by atoms with Crippen LogP contribution >= 0.6 is 0 Å². The fraction of sp³-hybridized carbons (Fsp3) is 0. The first kappa shape index (κ1) is 31.2. The van der Waals surface area contributed by atoms with Gasteiger partial charge in [0.25, 0.3) is 0 Å². The Hall–Kier alpha value is 0.661. The Balaban J connectivity index is -0.0000000298. The molecule has 0 spiro atoms. The van der Waals surface area contributed by atoms with Crippen molar-refractivity contribution >= 4 is 28.6 Å². The quantitative estimate of drug-likeness (QED) is 0.475. The van der Waals surface area contributed by atoms with Crippen LogP contribution in [-0.2, 0) is 4.79 Å². The van der Waals surface area contributed by atoms with Crippen LogP contribution in [0.2, 0.25) is 0 Å². The van der Waals surface area contributed by atoms with Crippen molar-refractivity contribution in [2.75, 3.05) is 0 Å². The Kier molecular flexibility index (Phi) is 24.4. The van der Waals surface area contributed by atoms with Gasteiger partial charge in [0.05, 0.1) is 0 Å². The van der Waals surface area contributed by atoms with Crippen molar-refractivity contribution in [2.45, 2.75) is 0 Å². The van der Waals surface area contributed by atoms with Gasteiger partial charge in [0.2, 0.25) is 0 Å². The third-order valence-electron chi connectivity index (χ3n) is 0. The second-order valence-corrected chi connectivity index (χ2v) is 1.48. The molecule has 0 fully saturated rings.